The van der Waals surface area contributed by atoms with Gasteiger partial charge in [0.05, 0.1) is 11.8 Å². The standard InChI is InChI=1S/C22H26FIN4O2/c1-4-28(14(2)3)21(29)17-7-15(23)5-6-18(17)30-19-10-25-13-26-20(19)27-11-22(12-27)8-16(24)9-22/h5-7,10,13-14,16H,4,8-9,11-12H2,1-3H3. The SMILES string of the molecule is CCN(C(=O)c1cc(F)ccc1Oc1cncnc1N1CC2(CC(I)C2)C1)C(C)C. The molecule has 0 bridgehead atoms. The zero-order valence-corrected chi connectivity index (χ0v) is 19.6. The molecule has 4 rings (SSSR count). The second-order valence-electron chi connectivity index (χ2n) is 8.50. The number of benzene rings is 1. The topological polar surface area (TPSA) is 58.6 Å². The van der Waals surface area contributed by atoms with Crippen molar-refractivity contribution >= 4 is 34.3 Å². The Kier molecular flexibility index (Phi) is 5.87. The van der Waals surface area contributed by atoms with Gasteiger partial charge in [0.2, 0.25) is 0 Å². The Bertz CT molecular complexity index is 940. The molecular formula is C22H26FIN4O2. The Morgan fingerprint density at radius 1 is 1.37 bits per heavy atom. The summed E-state index contributed by atoms with van der Waals surface area (Å²) in [5, 5.41) is 0. The Morgan fingerprint density at radius 2 is 2.10 bits per heavy atom. The minimum absolute atomic E-state index is 0.00396. The summed E-state index contributed by atoms with van der Waals surface area (Å²) in [5.41, 5.74) is 0.608. The molecule has 1 aliphatic heterocycles. The van der Waals surface area contributed by atoms with Crippen molar-refractivity contribution in [3.05, 3.63) is 42.1 Å². The van der Waals surface area contributed by atoms with Crippen molar-refractivity contribution in [2.75, 3.05) is 24.5 Å². The van der Waals surface area contributed by atoms with Crippen molar-refractivity contribution in [2.24, 2.45) is 5.41 Å². The Morgan fingerprint density at radius 3 is 2.73 bits per heavy atom. The summed E-state index contributed by atoms with van der Waals surface area (Å²) in [6, 6.07) is 4.03. The lowest BCUT2D eigenvalue weighted by Gasteiger charge is -2.58. The first kappa shape index (κ1) is 21.3. The maximum Gasteiger partial charge on any atom is 0.257 e. The highest BCUT2D eigenvalue weighted by Crippen LogP contribution is 2.53. The molecule has 1 aromatic carbocycles. The first-order chi connectivity index (χ1) is 14.3. The summed E-state index contributed by atoms with van der Waals surface area (Å²) in [5.74, 6) is 0.768. The van der Waals surface area contributed by atoms with Crippen LogP contribution in [0.4, 0.5) is 10.2 Å². The minimum atomic E-state index is -0.474. The summed E-state index contributed by atoms with van der Waals surface area (Å²) in [7, 11) is 0. The number of amides is 1. The van der Waals surface area contributed by atoms with Gasteiger partial charge in [-0.05, 0) is 51.8 Å². The first-order valence-electron chi connectivity index (χ1n) is 10.3. The van der Waals surface area contributed by atoms with E-state index in [4.69, 9.17) is 4.74 Å². The molecule has 160 valence electrons. The van der Waals surface area contributed by atoms with E-state index in [1.807, 2.05) is 20.8 Å². The average Bonchev–Trinajstić information content (AvgIpc) is 2.65. The zero-order valence-electron chi connectivity index (χ0n) is 17.4. The maximum atomic E-state index is 14.0. The molecule has 1 saturated carbocycles. The van der Waals surface area contributed by atoms with Gasteiger partial charge in [-0.1, -0.05) is 22.6 Å². The second kappa shape index (κ2) is 8.28. The van der Waals surface area contributed by atoms with E-state index in [0.29, 0.717) is 29.3 Å². The summed E-state index contributed by atoms with van der Waals surface area (Å²) in [6.45, 7) is 8.20. The fourth-order valence-electron chi connectivity index (χ4n) is 4.45. The number of ether oxygens (including phenoxy) is 1. The van der Waals surface area contributed by atoms with Crippen LogP contribution in [0, 0.1) is 11.2 Å². The lowest BCUT2D eigenvalue weighted by Crippen LogP contribution is -2.63. The van der Waals surface area contributed by atoms with E-state index in [-0.39, 0.29) is 17.5 Å². The summed E-state index contributed by atoms with van der Waals surface area (Å²) in [6.07, 6.45) is 5.59. The molecular weight excluding hydrogens is 498 g/mol. The molecule has 1 aromatic heterocycles. The molecule has 1 amide bonds. The molecule has 0 radical (unpaired) electrons. The lowest BCUT2D eigenvalue weighted by molar-refractivity contribution is 0.0713. The average molecular weight is 524 g/mol. The molecule has 6 nitrogen and oxygen atoms in total. The molecule has 0 atom stereocenters. The van der Waals surface area contributed by atoms with Crippen molar-refractivity contribution in [1.82, 2.24) is 14.9 Å². The fraction of sp³-hybridized carbons (Fsp3) is 0.500. The van der Waals surface area contributed by atoms with Crippen molar-refractivity contribution < 1.29 is 13.9 Å². The largest absolute Gasteiger partial charge is 0.451 e. The van der Waals surface area contributed by atoms with Gasteiger partial charge in [-0.3, -0.25) is 4.79 Å². The third kappa shape index (κ3) is 3.98. The molecule has 0 unspecified atom stereocenters. The number of halogens is 2. The molecule has 1 saturated heterocycles. The van der Waals surface area contributed by atoms with Gasteiger partial charge in [0, 0.05) is 35.0 Å². The number of aromatic nitrogens is 2. The maximum absolute atomic E-state index is 14.0. The van der Waals surface area contributed by atoms with Gasteiger partial charge >= 0.3 is 0 Å². The molecule has 2 heterocycles. The fourth-order valence-corrected chi connectivity index (χ4v) is 6.31. The van der Waals surface area contributed by atoms with Crippen LogP contribution in [0.1, 0.15) is 44.0 Å². The molecule has 8 heteroatoms. The van der Waals surface area contributed by atoms with Gasteiger partial charge in [-0.2, -0.15) is 0 Å². The molecule has 2 fully saturated rings. The third-order valence-electron chi connectivity index (χ3n) is 5.94. The lowest BCUT2D eigenvalue weighted by atomic mass is 9.63. The van der Waals surface area contributed by atoms with Gasteiger partial charge in [0.25, 0.3) is 5.91 Å². The molecule has 30 heavy (non-hydrogen) atoms. The normalized spacial score (nSPS) is 17.6. The highest BCUT2D eigenvalue weighted by molar-refractivity contribution is 14.1. The number of alkyl halides is 1. The van der Waals surface area contributed by atoms with Gasteiger partial charge < -0.3 is 14.5 Å². The highest BCUT2D eigenvalue weighted by atomic mass is 127. The van der Waals surface area contributed by atoms with E-state index in [2.05, 4.69) is 37.5 Å². The smallest absolute Gasteiger partial charge is 0.257 e. The Labute approximate surface area is 190 Å². The predicted molar refractivity (Wildman–Crippen MR) is 122 cm³/mol. The highest BCUT2D eigenvalue weighted by Gasteiger charge is 2.52. The monoisotopic (exact) mass is 524 g/mol. The van der Waals surface area contributed by atoms with Crippen molar-refractivity contribution in [3.63, 3.8) is 0 Å². The van der Waals surface area contributed by atoms with Crippen LogP contribution in [-0.2, 0) is 0 Å². The van der Waals surface area contributed by atoms with Gasteiger partial charge in [0.1, 0.15) is 17.9 Å². The van der Waals surface area contributed by atoms with Crippen LogP contribution >= 0.6 is 22.6 Å². The van der Waals surface area contributed by atoms with E-state index in [1.165, 1.54) is 37.4 Å². The van der Waals surface area contributed by atoms with Crippen molar-refractivity contribution in [1.29, 1.82) is 0 Å². The molecule has 2 aromatic rings. The first-order valence-corrected chi connectivity index (χ1v) is 11.5. The number of rotatable bonds is 6. The molecule has 2 aliphatic rings. The molecule has 0 N–H and O–H groups in total. The van der Waals surface area contributed by atoms with Crippen LogP contribution in [0.5, 0.6) is 11.5 Å². The van der Waals surface area contributed by atoms with Crippen LogP contribution in [0.2, 0.25) is 0 Å². The zero-order chi connectivity index (χ0) is 21.5. The number of hydrogen-bond donors (Lipinski definition) is 0. The van der Waals surface area contributed by atoms with Crippen LogP contribution in [0.3, 0.4) is 0 Å². The number of hydrogen-bond acceptors (Lipinski definition) is 5. The van der Waals surface area contributed by atoms with Gasteiger partial charge in [-0.15, -0.1) is 0 Å². The van der Waals surface area contributed by atoms with Crippen molar-refractivity contribution in [3.8, 4) is 11.5 Å². The number of anilines is 1. The molecule has 1 aliphatic carbocycles. The van der Waals surface area contributed by atoms with Crippen LogP contribution in [0.15, 0.2) is 30.7 Å². The second-order valence-corrected chi connectivity index (χ2v) is 10.3. The van der Waals surface area contributed by atoms with Crippen LogP contribution in [-0.4, -0.2) is 50.4 Å². The minimum Gasteiger partial charge on any atom is -0.451 e. The van der Waals surface area contributed by atoms with Gasteiger partial charge in [0.15, 0.2) is 11.6 Å². The van der Waals surface area contributed by atoms with E-state index in [1.54, 1.807) is 11.1 Å². The van der Waals surface area contributed by atoms with Crippen LogP contribution in [0.25, 0.3) is 0 Å². The number of nitrogens with zero attached hydrogens (tertiary/aromatic N) is 4. The molecule has 1 spiro atoms. The number of carbonyl (C=O) groups excluding carboxylic acids is 1. The van der Waals surface area contributed by atoms with E-state index in [0.717, 1.165) is 17.0 Å². The summed E-state index contributed by atoms with van der Waals surface area (Å²) in [4.78, 5) is 25.5. The van der Waals surface area contributed by atoms with E-state index < -0.39 is 5.82 Å². The Hall–Kier alpha value is -1.97. The van der Waals surface area contributed by atoms with Crippen LogP contribution < -0.4 is 9.64 Å². The number of carbonyl (C=O) groups is 1. The Balaban J connectivity index is 1.59. The van der Waals surface area contributed by atoms with E-state index >= 15 is 0 Å². The summed E-state index contributed by atoms with van der Waals surface area (Å²) < 4.78 is 20.9. The third-order valence-corrected chi connectivity index (χ3v) is 6.82. The van der Waals surface area contributed by atoms with E-state index in [9.17, 15) is 9.18 Å². The summed E-state index contributed by atoms with van der Waals surface area (Å²) >= 11 is 2.51. The van der Waals surface area contributed by atoms with Crippen molar-refractivity contribution in [2.45, 2.75) is 43.6 Å². The quantitative estimate of drug-likeness (QED) is 0.406. The van der Waals surface area contributed by atoms with Gasteiger partial charge in [-0.25, -0.2) is 14.4 Å². The predicted octanol–water partition coefficient (Wildman–Crippen LogP) is 4.68.